The van der Waals surface area contributed by atoms with Crippen LogP contribution in [0.5, 0.6) is 5.75 Å². The highest BCUT2D eigenvalue weighted by molar-refractivity contribution is 5.89. The van der Waals surface area contributed by atoms with E-state index in [2.05, 4.69) is 20.5 Å². The molecule has 2 aromatic rings. The van der Waals surface area contributed by atoms with Crippen molar-refractivity contribution in [2.45, 2.75) is 50.5 Å². The maximum atomic E-state index is 12.6. The summed E-state index contributed by atoms with van der Waals surface area (Å²) in [7, 11) is 0. The SMILES string of the molecule is O=C(Nc1ccc(OC2CCCC2)cc1)N1CCC[C@H](c2ncn[nH]2)C1. The summed E-state index contributed by atoms with van der Waals surface area (Å²) >= 11 is 0. The zero-order valence-electron chi connectivity index (χ0n) is 14.9. The number of nitrogens with zero attached hydrogens (tertiary/aromatic N) is 3. The molecule has 4 rings (SSSR count). The van der Waals surface area contributed by atoms with Gasteiger partial charge < -0.3 is 15.0 Å². The van der Waals surface area contributed by atoms with Gasteiger partial charge in [0.2, 0.25) is 0 Å². The van der Waals surface area contributed by atoms with Crippen LogP contribution in [-0.2, 0) is 0 Å². The Labute approximate surface area is 153 Å². The molecule has 1 aromatic carbocycles. The Balaban J connectivity index is 1.32. The highest BCUT2D eigenvalue weighted by Gasteiger charge is 2.26. The molecule has 26 heavy (non-hydrogen) atoms. The molecule has 2 aliphatic rings. The lowest BCUT2D eigenvalue weighted by Crippen LogP contribution is -2.41. The number of aromatic amines is 1. The fourth-order valence-corrected chi connectivity index (χ4v) is 3.81. The average molecular weight is 355 g/mol. The number of urea groups is 1. The van der Waals surface area contributed by atoms with Gasteiger partial charge in [0, 0.05) is 24.7 Å². The van der Waals surface area contributed by atoms with Crippen molar-refractivity contribution in [3.05, 3.63) is 36.4 Å². The fraction of sp³-hybridized carbons (Fsp3) is 0.526. The van der Waals surface area contributed by atoms with Crippen molar-refractivity contribution < 1.29 is 9.53 Å². The number of likely N-dealkylation sites (tertiary alicyclic amines) is 1. The van der Waals surface area contributed by atoms with Gasteiger partial charge in [-0.15, -0.1) is 0 Å². The standard InChI is InChI=1S/C19H25N5O2/c25-19(24-11-3-4-14(12-24)18-20-13-21-23-18)22-15-7-9-17(10-8-15)26-16-5-1-2-6-16/h7-10,13-14,16H,1-6,11-12H2,(H,22,25)(H,20,21,23)/t14-/m0/s1. The van der Waals surface area contributed by atoms with Gasteiger partial charge in [0.15, 0.2) is 0 Å². The van der Waals surface area contributed by atoms with Gasteiger partial charge in [-0.2, -0.15) is 5.10 Å². The molecule has 1 saturated carbocycles. The van der Waals surface area contributed by atoms with Gasteiger partial charge in [-0.25, -0.2) is 9.78 Å². The number of nitrogens with one attached hydrogen (secondary N) is 2. The molecule has 7 nitrogen and oxygen atoms in total. The molecule has 1 aromatic heterocycles. The second-order valence-corrected chi connectivity index (χ2v) is 7.13. The van der Waals surface area contributed by atoms with Crippen LogP contribution in [0.3, 0.4) is 0 Å². The van der Waals surface area contributed by atoms with E-state index >= 15 is 0 Å². The number of carbonyl (C=O) groups is 1. The van der Waals surface area contributed by atoms with Gasteiger partial charge in [-0.3, -0.25) is 5.10 Å². The Hall–Kier alpha value is -2.57. The van der Waals surface area contributed by atoms with Crippen LogP contribution in [-0.4, -0.2) is 45.3 Å². The van der Waals surface area contributed by atoms with E-state index in [1.807, 2.05) is 29.2 Å². The van der Waals surface area contributed by atoms with E-state index in [1.165, 1.54) is 19.2 Å². The molecule has 2 N–H and O–H groups in total. The first-order valence-corrected chi connectivity index (χ1v) is 9.46. The minimum Gasteiger partial charge on any atom is -0.490 e. The maximum absolute atomic E-state index is 12.6. The van der Waals surface area contributed by atoms with E-state index < -0.39 is 0 Å². The first kappa shape index (κ1) is 16.9. The molecule has 0 radical (unpaired) electrons. The third kappa shape index (κ3) is 3.98. The first-order chi connectivity index (χ1) is 12.8. The number of anilines is 1. The largest absolute Gasteiger partial charge is 0.490 e. The van der Waals surface area contributed by atoms with Crippen molar-refractivity contribution in [3.8, 4) is 5.75 Å². The van der Waals surface area contributed by atoms with Gasteiger partial charge in [0.25, 0.3) is 0 Å². The number of ether oxygens (including phenoxy) is 1. The number of aromatic nitrogens is 3. The smallest absolute Gasteiger partial charge is 0.321 e. The zero-order valence-corrected chi connectivity index (χ0v) is 14.9. The minimum absolute atomic E-state index is 0.0707. The monoisotopic (exact) mass is 355 g/mol. The molecule has 1 aliphatic heterocycles. The molecule has 0 bridgehead atoms. The Kier molecular flexibility index (Phi) is 5.04. The quantitative estimate of drug-likeness (QED) is 0.879. The maximum Gasteiger partial charge on any atom is 0.321 e. The molecule has 1 atom stereocenters. The summed E-state index contributed by atoms with van der Waals surface area (Å²) in [6, 6.07) is 7.60. The van der Waals surface area contributed by atoms with Crippen LogP contribution >= 0.6 is 0 Å². The second-order valence-electron chi connectivity index (χ2n) is 7.13. The normalized spacial score (nSPS) is 20.9. The molecule has 2 amide bonds. The molecule has 1 aliphatic carbocycles. The van der Waals surface area contributed by atoms with Crippen LogP contribution in [0, 0.1) is 0 Å². The molecular weight excluding hydrogens is 330 g/mol. The van der Waals surface area contributed by atoms with Crippen molar-refractivity contribution in [1.29, 1.82) is 0 Å². The number of benzene rings is 1. The van der Waals surface area contributed by atoms with Crippen LogP contribution in [0.2, 0.25) is 0 Å². The van der Waals surface area contributed by atoms with Gasteiger partial charge in [0.1, 0.15) is 17.9 Å². The van der Waals surface area contributed by atoms with Crippen LogP contribution in [0.1, 0.15) is 50.3 Å². The summed E-state index contributed by atoms with van der Waals surface area (Å²) in [6.45, 7) is 1.42. The highest BCUT2D eigenvalue weighted by atomic mass is 16.5. The zero-order chi connectivity index (χ0) is 17.8. The lowest BCUT2D eigenvalue weighted by Gasteiger charge is -2.31. The molecule has 0 unspecified atom stereocenters. The van der Waals surface area contributed by atoms with E-state index in [-0.39, 0.29) is 11.9 Å². The van der Waals surface area contributed by atoms with Crippen molar-refractivity contribution in [3.63, 3.8) is 0 Å². The number of carbonyl (C=O) groups excluding carboxylic acids is 1. The number of rotatable bonds is 4. The van der Waals surface area contributed by atoms with Crippen molar-refractivity contribution in [2.75, 3.05) is 18.4 Å². The van der Waals surface area contributed by atoms with Crippen molar-refractivity contribution in [1.82, 2.24) is 20.1 Å². The third-order valence-electron chi connectivity index (χ3n) is 5.24. The third-order valence-corrected chi connectivity index (χ3v) is 5.24. The second kappa shape index (κ2) is 7.76. The van der Waals surface area contributed by atoms with Crippen molar-refractivity contribution in [2.24, 2.45) is 0 Å². The fourth-order valence-electron chi connectivity index (χ4n) is 3.81. The number of hydrogen-bond acceptors (Lipinski definition) is 4. The predicted octanol–water partition coefficient (Wildman–Crippen LogP) is 3.54. The lowest BCUT2D eigenvalue weighted by atomic mass is 9.98. The van der Waals surface area contributed by atoms with Gasteiger partial charge in [-0.05, 0) is 62.8 Å². The molecule has 0 spiro atoms. The van der Waals surface area contributed by atoms with Crippen molar-refractivity contribution >= 4 is 11.7 Å². The van der Waals surface area contributed by atoms with Crippen LogP contribution in [0.4, 0.5) is 10.5 Å². The molecule has 2 fully saturated rings. The molecule has 1 saturated heterocycles. The molecule has 138 valence electrons. The van der Waals surface area contributed by atoms with Crippen LogP contribution in [0.25, 0.3) is 0 Å². The first-order valence-electron chi connectivity index (χ1n) is 9.46. The van der Waals surface area contributed by atoms with E-state index in [1.54, 1.807) is 0 Å². The van der Waals surface area contributed by atoms with Crippen LogP contribution < -0.4 is 10.1 Å². The van der Waals surface area contributed by atoms with Gasteiger partial charge in [-0.1, -0.05) is 0 Å². The summed E-state index contributed by atoms with van der Waals surface area (Å²) in [4.78, 5) is 18.7. The summed E-state index contributed by atoms with van der Waals surface area (Å²) < 4.78 is 5.97. The van der Waals surface area contributed by atoms with E-state index in [0.29, 0.717) is 12.6 Å². The number of piperidine rings is 1. The Morgan fingerprint density at radius 2 is 1.96 bits per heavy atom. The molecular formula is C19H25N5O2. The van der Waals surface area contributed by atoms with Crippen LogP contribution in [0.15, 0.2) is 30.6 Å². The molecule has 2 heterocycles. The summed E-state index contributed by atoms with van der Waals surface area (Å²) in [5.41, 5.74) is 0.788. The molecule has 7 heteroatoms. The Morgan fingerprint density at radius 3 is 2.69 bits per heavy atom. The predicted molar refractivity (Wildman–Crippen MR) is 98.3 cm³/mol. The minimum atomic E-state index is -0.0707. The number of H-pyrrole nitrogens is 1. The number of amides is 2. The summed E-state index contributed by atoms with van der Waals surface area (Å²) in [5.74, 6) is 1.95. The summed E-state index contributed by atoms with van der Waals surface area (Å²) in [6.07, 6.45) is 8.63. The van der Waals surface area contributed by atoms with Gasteiger partial charge in [0.05, 0.1) is 6.10 Å². The van der Waals surface area contributed by atoms with E-state index in [0.717, 1.165) is 49.5 Å². The summed E-state index contributed by atoms with van der Waals surface area (Å²) in [5, 5.41) is 9.81. The van der Waals surface area contributed by atoms with E-state index in [9.17, 15) is 4.79 Å². The number of hydrogen-bond donors (Lipinski definition) is 2. The lowest BCUT2D eigenvalue weighted by molar-refractivity contribution is 0.191. The topological polar surface area (TPSA) is 83.1 Å². The highest BCUT2D eigenvalue weighted by Crippen LogP contribution is 2.26. The van der Waals surface area contributed by atoms with E-state index in [4.69, 9.17) is 4.74 Å². The average Bonchev–Trinajstić information content (AvgIpc) is 3.37. The Morgan fingerprint density at radius 1 is 1.15 bits per heavy atom. The Bertz CT molecular complexity index is 710. The van der Waals surface area contributed by atoms with Gasteiger partial charge >= 0.3 is 6.03 Å².